The Morgan fingerprint density at radius 2 is 1.95 bits per heavy atom. The summed E-state index contributed by atoms with van der Waals surface area (Å²) in [5.41, 5.74) is 3.19. The summed E-state index contributed by atoms with van der Waals surface area (Å²) < 4.78 is 25.9. The van der Waals surface area contributed by atoms with Gasteiger partial charge in [0.05, 0.1) is 0 Å². The topological polar surface area (TPSA) is 18.5 Å². The van der Waals surface area contributed by atoms with Crippen LogP contribution in [0.1, 0.15) is 16.7 Å². The van der Waals surface area contributed by atoms with E-state index in [1.54, 1.807) is 6.07 Å². The molecule has 0 saturated carbocycles. The number of benzene rings is 2. The van der Waals surface area contributed by atoms with Gasteiger partial charge in [0.1, 0.15) is 30.0 Å². The van der Waals surface area contributed by atoms with E-state index in [0.29, 0.717) is 13.0 Å². The summed E-state index contributed by atoms with van der Waals surface area (Å²) in [4.78, 5) is 0. The number of aryl methyl sites for hydroxylation is 2. The van der Waals surface area contributed by atoms with Crippen molar-refractivity contribution in [1.29, 1.82) is 0 Å². The Balaban J connectivity index is 1.65. The van der Waals surface area contributed by atoms with Crippen LogP contribution >= 0.6 is 15.9 Å². The highest BCUT2D eigenvalue weighted by molar-refractivity contribution is 9.10. The standard InChI is InChI=1S/C17H16BrFO2/c1-10-5-14(6-11(2)17(10)18)20-9-15-8-12-7-13(19)3-4-16(12)21-15/h3-7,15H,8-9H2,1-2H3. The lowest BCUT2D eigenvalue weighted by atomic mass is 10.1. The van der Waals surface area contributed by atoms with E-state index in [-0.39, 0.29) is 11.9 Å². The van der Waals surface area contributed by atoms with Crippen molar-refractivity contribution in [3.63, 3.8) is 0 Å². The van der Waals surface area contributed by atoms with Crippen molar-refractivity contribution in [3.8, 4) is 11.5 Å². The van der Waals surface area contributed by atoms with E-state index in [9.17, 15) is 4.39 Å². The zero-order chi connectivity index (χ0) is 15.0. The third-order valence-corrected chi connectivity index (χ3v) is 4.86. The monoisotopic (exact) mass is 350 g/mol. The first-order valence-electron chi connectivity index (χ1n) is 6.87. The minimum absolute atomic E-state index is 0.0638. The zero-order valence-electron chi connectivity index (χ0n) is 12.0. The van der Waals surface area contributed by atoms with Crippen molar-refractivity contribution in [2.45, 2.75) is 26.4 Å². The molecule has 2 aromatic rings. The molecule has 1 unspecified atom stereocenters. The Kier molecular flexibility index (Phi) is 3.89. The Morgan fingerprint density at radius 1 is 1.24 bits per heavy atom. The molecule has 1 aliphatic rings. The number of fused-ring (bicyclic) bond motifs is 1. The smallest absolute Gasteiger partial charge is 0.137 e. The van der Waals surface area contributed by atoms with Gasteiger partial charge in [-0.2, -0.15) is 0 Å². The molecule has 21 heavy (non-hydrogen) atoms. The molecule has 0 saturated heterocycles. The molecule has 2 aromatic carbocycles. The minimum atomic E-state index is -0.224. The number of rotatable bonds is 3. The molecule has 1 atom stereocenters. The van der Waals surface area contributed by atoms with Crippen LogP contribution in [-0.4, -0.2) is 12.7 Å². The van der Waals surface area contributed by atoms with Gasteiger partial charge in [0.25, 0.3) is 0 Å². The lowest BCUT2D eigenvalue weighted by Crippen LogP contribution is -2.22. The normalized spacial score (nSPS) is 16.5. The molecule has 1 heterocycles. The molecule has 2 nitrogen and oxygen atoms in total. The Labute approximate surface area is 132 Å². The molecule has 0 N–H and O–H groups in total. The predicted molar refractivity (Wildman–Crippen MR) is 83.6 cm³/mol. The minimum Gasteiger partial charge on any atom is -0.490 e. The average Bonchev–Trinajstić information content (AvgIpc) is 2.84. The van der Waals surface area contributed by atoms with E-state index in [1.807, 2.05) is 26.0 Å². The molecular weight excluding hydrogens is 335 g/mol. The van der Waals surface area contributed by atoms with Crippen LogP contribution in [0, 0.1) is 19.7 Å². The SMILES string of the molecule is Cc1cc(OCC2Cc3cc(F)ccc3O2)cc(C)c1Br. The van der Waals surface area contributed by atoms with Crippen LogP contribution in [0.25, 0.3) is 0 Å². The molecule has 0 amide bonds. The first-order chi connectivity index (χ1) is 10.0. The average molecular weight is 351 g/mol. The third-order valence-electron chi connectivity index (χ3n) is 3.61. The van der Waals surface area contributed by atoms with Crippen molar-refractivity contribution in [2.24, 2.45) is 0 Å². The third kappa shape index (κ3) is 3.05. The highest BCUT2D eigenvalue weighted by atomic mass is 79.9. The highest BCUT2D eigenvalue weighted by Crippen LogP contribution is 2.30. The fraction of sp³-hybridized carbons (Fsp3) is 0.294. The van der Waals surface area contributed by atoms with Gasteiger partial charge in [-0.25, -0.2) is 4.39 Å². The maximum absolute atomic E-state index is 13.2. The van der Waals surface area contributed by atoms with E-state index < -0.39 is 0 Å². The van der Waals surface area contributed by atoms with Crippen molar-refractivity contribution in [3.05, 3.63) is 57.3 Å². The Morgan fingerprint density at radius 3 is 2.67 bits per heavy atom. The summed E-state index contributed by atoms with van der Waals surface area (Å²) >= 11 is 3.54. The van der Waals surface area contributed by atoms with E-state index in [4.69, 9.17) is 9.47 Å². The van der Waals surface area contributed by atoms with Crippen LogP contribution < -0.4 is 9.47 Å². The molecule has 0 fully saturated rings. The van der Waals surface area contributed by atoms with Crippen LogP contribution in [0.3, 0.4) is 0 Å². The predicted octanol–water partition coefficient (Wildman–Crippen LogP) is 4.59. The number of halogens is 2. The molecule has 4 heteroatoms. The second-order valence-corrected chi connectivity index (χ2v) is 6.17. The number of hydrogen-bond acceptors (Lipinski definition) is 2. The van der Waals surface area contributed by atoms with Gasteiger partial charge in [0.15, 0.2) is 0 Å². The van der Waals surface area contributed by atoms with Crippen LogP contribution in [0.15, 0.2) is 34.8 Å². The summed E-state index contributed by atoms with van der Waals surface area (Å²) in [6, 6.07) is 8.63. The lowest BCUT2D eigenvalue weighted by molar-refractivity contribution is 0.148. The second kappa shape index (κ2) is 5.68. The first-order valence-corrected chi connectivity index (χ1v) is 7.67. The van der Waals surface area contributed by atoms with Gasteiger partial charge in [0.2, 0.25) is 0 Å². The fourth-order valence-electron chi connectivity index (χ4n) is 2.56. The Bertz CT molecular complexity index is 661. The van der Waals surface area contributed by atoms with Gasteiger partial charge >= 0.3 is 0 Å². The molecule has 1 aliphatic heterocycles. The quantitative estimate of drug-likeness (QED) is 0.806. The number of hydrogen-bond donors (Lipinski definition) is 0. The first kappa shape index (κ1) is 14.4. The maximum Gasteiger partial charge on any atom is 0.137 e. The summed E-state index contributed by atoms with van der Waals surface area (Å²) in [5.74, 6) is 1.37. The van der Waals surface area contributed by atoms with E-state index >= 15 is 0 Å². The van der Waals surface area contributed by atoms with Crippen LogP contribution in [0.4, 0.5) is 4.39 Å². The van der Waals surface area contributed by atoms with Crippen LogP contribution in [0.5, 0.6) is 11.5 Å². The van der Waals surface area contributed by atoms with Gasteiger partial charge in [-0.15, -0.1) is 0 Å². The van der Waals surface area contributed by atoms with Gasteiger partial charge in [-0.3, -0.25) is 0 Å². The zero-order valence-corrected chi connectivity index (χ0v) is 13.5. The fourth-order valence-corrected chi connectivity index (χ4v) is 2.79. The summed E-state index contributed by atoms with van der Waals surface area (Å²) in [5, 5.41) is 0. The molecule has 0 aliphatic carbocycles. The molecule has 0 bridgehead atoms. The largest absolute Gasteiger partial charge is 0.490 e. The molecule has 0 spiro atoms. The lowest BCUT2D eigenvalue weighted by Gasteiger charge is -2.14. The second-order valence-electron chi connectivity index (χ2n) is 5.38. The van der Waals surface area contributed by atoms with E-state index in [2.05, 4.69) is 15.9 Å². The van der Waals surface area contributed by atoms with E-state index in [0.717, 1.165) is 32.7 Å². The van der Waals surface area contributed by atoms with Crippen molar-refractivity contribution >= 4 is 15.9 Å². The summed E-state index contributed by atoms with van der Waals surface area (Å²) in [6.45, 7) is 4.53. The molecule has 0 aromatic heterocycles. The van der Waals surface area contributed by atoms with E-state index in [1.165, 1.54) is 12.1 Å². The number of ether oxygens (including phenoxy) is 2. The van der Waals surface area contributed by atoms with Gasteiger partial charge in [-0.05, 0) is 55.3 Å². The Hall–Kier alpha value is -1.55. The van der Waals surface area contributed by atoms with Gasteiger partial charge in [-0.1, -0.05) is 15.9 Å². The van der Waals surface area contributed by atoms with Crippen molar-refractivity contribution in [2.75, 3.05) is 6.61 Å². The molecule has 3 rings (SSSR count). The molecule has 110 valence electrons. The molecular formula is C17H16BrFO2. The van der Waals surface area contributed by atoms with Gasteiger partial charge < -0.3 is 9.47 Å². The summed E-state index contributed by atoms with van der Waals surface area (Å²) in [6.07, 6.45) is 0.618. The van der Waals surface area contributed by atoms with Crippen LogP contribution in [-0.2, 0) is 6.42 Å². The molecule has 0 radical (unpaired) electrons. The summed E-state index contributed by atoms with van der Waals surface area (Å²) in [7, 11) is 0. The maximum atomic E-state index is 13.2. The van der Waals surface area contributed by atoms with Gasteiger partial charge in [0, 0.05) is 16.5 Å². The van der Waals surface area contributed by atoms with Crippen LogP contribution in [0.2, 0.25) is 0 Å². The van der Waals surface area contributed by atoms with Crippen molar-refractivity contribution in [1.82, 2.24) is 0 Å². The van der Waals surface area contributed by atoms with Crippen molar-refractivity contribution < 1.29 is 13.9 Å². The highest BCUT2D eigenvalue weighted by Gasteiger charge is 2.23.